The van der Waals surface area contributed by atoms with E-state index in [0.717, 1.165) is 9.64 Å². The molecule has 0 N–H and O–H groups in total. The van der Waals surface area contributed by atoms with E-state index in [2.05, 4.69) is 2.55 Å². The van der Waals surface area contributed by atoms with Crippen molar-refractivity contribution in [1.82, 2.24) is 0 Å². The van der Waals surface area contributed by atoms with Gasteiger partial charge in [0.15, 0.2) is 4.90 Å². The van der Waals surface area contributed by atoms with Gasteiger partial charge in [0.2, 0.25) is 0 Å². The number of hydrogen-bond acceptors (Lipinski definition) is 4. The van der Waals surface area contributed by atoms with E-state index < -0.39 is 41.7 Å². The molecule has 0 heterocycles. The second-order valence-corrected chi connectivity index (χ2v) is 8.09. The summed E-state index contributed by atoms with van der Waals surface area (Å²) in [5.74, 6) is 0. The fourth-order valence-electron chi connectivity index (χ4n) is 1.42. The van der Waals surface area contributed by atoms with Gasteiger partial charge in [0.05, 0.1) is 4.92 Å². The average Bonchev–Trinajstić information content (AvgIpc) is 2.46. The summed E-state index contributed by atoms with van der Waals surface area (Å²) in [5.41, 5.74) is -0.451. The van der Waals surface area contributed by atoms with E-state index in [1.807, 2.05) is 6.07 Å². The number of halogens is 1. The van der Waals surface area contributed by atoms with Gasteiger partial charge >= 0.3 is 0 Å². The zero-order valence-electron chi connectivity index (χ0n) is 10.0. The van der Waals surface area contributed by atoms with Gasteiger partial charge in [-0.05, 0) is 18.2 Å². The third-order valence-electron chi connectivity index (χ3n) is 2.30. The van der Waals surface area contributed by atoms with Crippen molar-refractivity contribution in [3.8, 4) is 0 Å². The Morgan fingerprint density at radius 3 is 2.25 bits per heavy atom. The molecule has 2 rings (SSSR count). The van der Waals surface area contributed by atoms with Crippen LogP contribution in [-0.2, 0) is 10.0 Å². The first-order valence-electron chi connectivity index (χ1n) is 5.40. The lowest BCUT2D eigenvalue weighted by atomic mass is 10.3. The number of hydrogen-bond donors (Lipinski definition) is 0. The summed E-state index contributed by atoms with van der Waals surface area (Å²) in [7, 11) is -4.00. The van der Waals surface area contributed by atoms with Crippen molar-refractivity contribution < 1.29 is 13.3 Å². The highest BCUT2D eigenvalue weighted by molar-refractivity contribution is 14.2. The number of benzene rings is 2. The van der Waals surface area contributed by atoms with E-state index in [-0.39, 0.29) is 4.90 Å². The highest BCUT2D eigenvalue weighted by atomic mass is 127. The molecule has 0 aliphatic carbocycles. The summed E-state index contributed by atoms with van der Waals surface area (Å²) in [5, 5.41) is 10.9. The zero-order valence-corrected chi connectivity index (χ0v) is 13.0. The van der Waals surface area contributed by atoms with Crippen LogP contribution < -0.4 is 0 Å². The molecule has 0 amide bonds. The van der Waals surface area contributed by atoms with Gasteiger partial charge in [-0.3, -0.25) is 10.1 Å². The monoisotopic (exact) mass is 404 g/mol. The van der Waals surface area contributed by atoms with E-state index in [1.165, 1.54) is 18.2 Å². The highest BCUT2D eigenvalue weighted by Crippen LogP contribution is 2.27. The predicted molar refractivity (Wildman–Crippen MR) is 81.9 cm³/mol. The van der Waals surface area contributed by atoms with E-state index in [1.54, 1.807) is 24.3 Å². The summed E-state index contributed by atoms with van der Waals surface area (Å²) in [6, 6.07) is 14.2. The van der Waals surface area contributed by atoms with Crippen molar-refractivity contribution >= 4 is 36.7 Å². The molecule has 104 valence electrons. The number of nitro benzene ring substituents is 1. The Morgan fingerprint density at radius 1 is 1.00 bits per heavy atom. The van der Waals surface area contributed by atoms with Crippen LogP contribution in [0.25, 0.3) is 0 Å². The maximum atomic E-state index is 12.1. The summed E-state index contributed by atoms with van der Waals surface area (Å²) in [6.07, 6.45) is 0. The van der Waals surface area contributed by atoms with Gasteiger partial charge in [-0.2, -0.15) is 8.42 Å². The van der Waals surface area contributed by atoms with Crippen molar-refractivity contribution in [2.75, 3.05) is 0 Å². The Balaban J connectivity index is 2.42. The predicted octanol–water partition coefficient (Wildman–Crippen LogP) is 3.31. The second kappa shape index (κ2) is 6.18. The minimum absolute atomic E-state index is 0.361. The first kappa shape index (κ1) is 14.7. The standard InChI is InChI=1S/C12H9IN2O4S/c16-15(17)11-8-4-5-9-12(11)20(18,19)14-13-10-6-2-1-3-7-10/h1-9H. The molecule has 0 aromatic heterocycles. The SMILES string of the molecule is O=[N+]([O-])c1ccccc1S(=O)(=O)N=Ic1ccccc1. The van der Waals surface area contributed by atoms with E-state index >= 15 is 0 Å². The van der Waals surface area contributed by atoms with Crippen LogP contribution in [0.5, 0.6) is 0 Å². The molecule has 0 aliphatic heterocycles. The molecule has 2 aromatic rings. The van der Waals surface area contributed by atoms with E-state index in [9.17, 15) is 18.5 Å². The van der Waals surface area contributed by atoms with Crippen molar-refractivity contribution in [2.45, 2.75) is 4.90 Å². The molecule has 20 heavy (non-hydrogen) atoms. The Bertz CT molecular complexity index is 760. The van der Waals surface area contributed by atoms with Gasteiger partial charge in [0, 0.05) is 30.7 Å². The quantitative estimate of drug-likeness (QED) is 0.444. The van der Waals surface area contributed by atoms with Crippen LogP contribution in [0.2, 0.25) is 0 Å². The molecule has 0 spiro atoms. The number of para-hydroxylation sites is 1. The smallest absolute Gasteiger partial charge is 0.258 e. The average molecular weight is 404 g/mol. The minimum Gasteiger partial charge on any atom is -0.258 e. The molecule has 2 aromatic carbocycles. The first-order valence-corrected chi connectivity index (χ1v) is 8.89. The maximum absolute atomic E-state index is 12.1. The van der Waals surface area contributed by atoms with Gasteiger partial charge < -0.3 is 0 Å². The normalized spacial score (nSPS) is 12.0. The van der Waals surface area contributed by atoms with Gasteiger partial charge in [-0.25, -0.2) is 0 Å². The molecule has 0 aliphatic rings. The molecular formula is C12H9IN2O4S. The fourth-order valence-corrected chi connectivity index (χ4v) is 5.16. The van der Waals surface area contributed by atoms with Gasteiger partial charge in [0.25, 0.3) is 15.7 Å². The molecule has 0 saturated heterocycles. The molecule has 8 heteroatoms. The number of sulfonamides is 1. The third-order valence-corrected chi connectivity index (χ3v) is 6.87. The molecule has 6 nitrogen and oxygen atoms in total. The van der Waals surface area contributed by atoms with Crippen molar-refractivity contribution in [3.63, 3.8) is 0 Å². The second-order valence-electron chi connectivity index (χ2n) is 3.65. The first-order chi connectivity index (χ1) is 9.50. The van der Waals surface area contributed by atoms with Crippen molar-refractivity contribution in [3.05, 3.63) is 68.3 Å². The van der Waals surface area contributed by atoms with Gasteiger partial charge in [0.1, 0.15) is 0 Å². The molecule has 0 atom stereocenters. The highest BCUT2D eigenvalue weighted by Gasteiger charge is 2.24. The Kier molecular flexibility index (Phi) is 4.55. The number of rotatable bonds is 4. The molecular weight excluding hydrogens is 395 g/mol. The Hall–Kier alpha value is -1.68. The molecule has 0 fully saturated rings. The van der Waals surface area contributed by atoms with Crippen LogP contribution >= 0.6 is 21.0 Å². The molecule has 0 radical (unpaired) electrons. The van der Waals surface area contributed by atoms with Crippen molar-refractivity contribution in [1.29, 1.82) is 0 Å². The summed E-state index contributed by atoms with van der Waals surface area (Å²) < 4.78 is 28.7. The number of nitrogens with zero attached hydrogens (tertiary/aromatic N) is 2. The van der Waals surface area contributed by atoms with Crippen LogP contribution in [0.1, 0.15) is 0 Å². The maximum Gasteiger partial charge on any atom is 0.293 e. The summed E-state index contributed by atoms with van der Waals surface area (Å²) in [4.78, 5) is 9.77. The Morgan fingerprint density at radius 2 is 1.60 bits per heavy atom. The largest absolute Gasteiger partial charge is 0.293 e. The topological polar surface area (TPSA) is 89.6 Å². The fraction of sp³-hybridized carbons (Fsp3) is 0. The van der Waals surface area contributed by atoms with Crippen LogP contribution in [0.15, 0.2) is 62.0 Å². The summed E-state index contributed by atoms with van der Waals surface area (Å²) >= 11 is -1.11. The van der Waals surface area contributed by atoms with Gasteiger partial charge in [-0.15, -0.1) is 2.55 Å². The van der Waals surface area contributed by atoms with Crippen LogP contribution in [0.3, 0.4) is 0 Å². The van der Waals surface area contributed by atoms with E-state index in [4.69, 9.17) is 0 Å². The minimum atomic E-state index is -4.00. The number of nitro groups is 1. The van der Waals surface area contributed by atoms with E-state index in [0.29, 0.717) is 0 Å². The van der Waals surface area contributed by atoms with Crippen molar-refractivity contribution in [2.24, 2.45) is 2.55 Å². The lowest BCUT2D eigenvalue weighted by Crippen LogP contribution is -2.00. The zero-order chi connectivity index (χ0) is 14.6. The van der Waals surface area contributed by atoms with Crippen LogP contribution in [0, 0.1) is 13.7 Å². The molecule has 0 unspecified atom stereocenters. The Labute approximate surface area is 125 Å². The lowest BCUT2D eigenvalue weighted by molar-refractivity contribution is -0.387. The lowest BCUT2D eigenvalue weighted by Gasteiger charge is -1.99. The molecule has 0 bridgehead atoms. The summed E-state index contributed by atoms with van der Waals surface area (Å²) in [6.45, 7) is 0. The third kappa shape index (κ3) is 3.45. The molecule has 0 saturated carbocycles. The van der Waals surface area contributed by atoms with Crippen LogP contribution in [0.4, 0.5) is 5.69 Å². The van der Waals surface area contributed by atoms with Crippen LogP contribution in [-0.4, -0.2) is 13.3 Å². The van der Waals surface area contributed by atoms with Gasteiger partial charge in [-0.1, -0.05) is 30.3 Å².